The molecule has 0 amide bonds. The zero-order valence-corrected chi connectivity index (χ0v) is 11.5. The number of nitrogens with zero attached hydrogens (tertiary/aromatic N) is 1. The zero-order valence-electron chi connectivity index (χ0n) is 11.5. The van der Waals surface area contributed by atoms with Gasteiger partial charge in [0.15, 0.2) is 0 Å². The molecule has 2 aromatic carbocycles. The van der Waals surface area contributed by atoms with Gasteiger partial charge in [-0.05, 0) is 23.3 Å². The molecule has 0 atom stereocenters. The Kier molecular flexibility index (Phi) is 5.26. The van der Waals surface area contributed by atoms with E-state index in [-0.39, 0.29) is 5.56 Å². The van der Waals surface area contributed by atoms with Crippen molar-refractivity contribution in [3.63, 3.8) is 0 Å². The normalized spacial score (nSPS) is 11.0. The van der Waals surface area contributed by atoms with Gasteiger partial charge in [-0.2, -0.15) is 0 Å². The Morgan fingerprint density at radius 1 is 1.05 bits per heavy atom. The van der Waals surface area contributed by atoms with Crippen LogP contribution >= 0.6 is 0 Å². The number of methoxy groups -OCH3 is 1. The number of hydrogen-bond acceptors (Lipinski definition) is 3. The van der Waals surface area contributed by atoms with E-state index in [1.807, 2.05) is 24.3 Å². The monoisotopic (exact) mass is 291 g/mol. The molecule has 0 saturated carbocycles. The smallest absolute Gasteiger partial charge is 0.263 e. The van der Waals surface area contributed by atoms with Crippen molar-refractivity contribution in [3.8, 4) is 5.75 Å². The maximum Gasteiger partial charge on any atom is 0.263 e. The van der Waals surface area contributed by atoms with Crippen molar-refractivity contribution in [2.45, 2.75) is 13.0 Å². The molecule has 2 aromatic rings. The van der Waals surface area contributed by atoms with Gasteiger partial charge in [0.05, 0.1) is 13.3 Å². The molecule has 3 nitrogen and oxygen atoms in total. The van der Waals surface area contributed by atoms with Crippen LogP contribution in [0.4, 0.5) is 8.78 Å². The fourth-order valence-corrected chi connectivity index (χ4v) is 1.66. The van der Waals surface area contributed by atoms with Gasteiger partial charge in [0, 0.05) is 5.56 Å². The van der Waals surface area contributed by atoms with Gasteiger partial charge in [-0.3, -0.25) is 0 Å². The maximum absolute atomic E-state index is 12.4. The summed E-state index contributed by atoms with van der Waals surface area (Å²) in [5, 5.41) is 3.81. The first kappa shape index (κ1) is 15.0. The van der Waals surface area contributed by atoms with Crippen LogP contribution in [0.1, 0.15) is 23.1 Å². The first-order valence-corrected chi connectivity index (χ1v) is 6.35. The van der Waals surface area contributed by atoms with E-state index in [1.165, 1.54) is 18.3 Å². The molecule has 0 spiro atoms. The molecule has 0 unspecified atom stereocenters. The van der Waals surface area contributed by atoms with Gasteiger partial charge >= 0.3 is 0 Å². The second-order valence-electron chi connectivity index (χ2n) is 4.32. The maximum atomic E-state index is 12.4. The molecule has 0 fully saturated rings. The molecule has 0 N–H and O–H groups in total. The number of halogens is 2. The minimum Gasteiger partial charge on any atom is -0.497 e. The third kappa shape index (κ3) is 4.56. The van der Waals surface area contributed by atoms with Crippen molar-refractivity contribution in [2.24, 2.45) is 5.16 Å². The van der Waals surface area contributed by atoms with Crippen LogP contribution in [0.25, 0.3) is 0 Å². The van der Waals surface area contributed by atoms with Crippen LogP contribution in [0.5, 0.6) is 5.75 Å². The van der Waals surface area contributed by atoms with E-state index < -0.39 is 6.43 Å². The first-order chi connectivity index (χ1) is 10.2. The van der Waals surface area contributed by atoms with Crippen LogP contribution in [0.3, 0.4) is 0 Å². The van der Waals surface area contributed by atoms with Crippen LogP contribution in [0.15, 0.2) is 53.7 Å². The average molecular weight is 291 g/mol. The minimum atomic E-state index is -2.46. The molecule has 110 valence electrons. The predicted molar refractivity (Wildman–Crippen MR) is 76.8 cm³/mol. The second kappa shape index (κ2) is 7.38. The highest BCUT2D eigenvalue weighted by Gasteiger charge is 2.04. The molecule has 0 aliphatic rings. The van der Waals surface area contributed by atoms with Gasteiger partial charge in [-0.1, -0.05) is 41.6 Å². The van der Waals surface area contributed by atoms with E-state index in [0.717, 1.165) is 11.3 Å². The molecule has 2 rings (SSSR count). The summed E-state index contributed by atoms with van der Waals surface area (Å²) in [6.45, 7) is 0.329. The fraction of sp³-hybridized carbons (Fsp3) is 0.188. The first-order valence-electron chi connectivity index (χ1n) is 6.35. The van der Waals surface area contributed by atoms with Crippen LogP contribution < -0.4 is 4.74 Å². The average Bonchev–Trinajstić information content (AvgIpc) is 2.52. The Balaban J connectivity index is 1.84. The van der Waals surface area contributed by atoms with E-state index in [9.17, 15) is 8.78 Å². The van der Waals surface area contributed by atoms with Crippen LogP contribution in [0, 0.1) is 0 Å². The Labute approximate surface area is 121 Å². The lowest BCUT2D eigenvalue weighted by molar-refractivity contribution is 0.132. The minimum absolute atomic E-state index is 0.00805. The molecule has 0 aromatic heterocycles. The number of hydrogen-bond donors (Lipinski definition) is 0. The van der Waals surface area contributed by atoms with Crippen molar-refractivity contribution >= 4 is 6.21 Å². The Morgan fingerprint density at radius 3 is 2.29 bits per heavy atom. The zero-order chi connectivity index (χ0) is 15.1. The molecule has 5 heteroatoms. The second-order valence-corrected chi connectivity index (χ2v) is 4.32. The van der Waals surface area contributed by atoms with E-state index >= 15 is 0 Å². The highest BCUT2D eigenvalue weighted by Crippen LogP contribution is 2.18. The highest BCUT2D eigenvalue weighted by molar-refractivity contribution is 5.79. The fourth-order valence-electron chi connectivity index (χ4n) is 1.66. The Morgan fingerprint density at radius 2 is 1.71 bits per heavy atom. The molecule has 0 heterocycles. The lowest BCUT2D eigenvalue weighted by Crippen LogP contribution is -1.90. The summed E-state index contributed by atoms with van der Waals surface area (Å²) in [7, 11) is 1.61. The third-order valence-electron chi connectivity index (χ3n) is 2.86. The largest absolute Gasteiger partial charge is 0.497 e. The molecule has 0 saturated heterocycles. The van der Waals surface area contributed by atoms with Crippen LogP contribution in [-0.2, 0) is 11.4 Å². The number of benzene rings is 2. The van der Waals surface area contributed by atoms with Crippen LogP contribution in [0.2, 0.25) is 0 Å². The van der Waals surface area contributed by atoms with E-state index in [4.69, 9.17) is 9.57 Å². The van der Waals surface area contributed by atoms with Crippen LogP contribution in [-0.4, -0.2) is 13.3 Å². The van der Waals surface area contributed by atoms with Gasteiger partial charge in [-0.15, -0.1) is 0 Å². The molecule has 0 bridgehead atoms. The predicted octanol–water partition coefficient (Wildman–Crippen LogP) is 4.18. The number of rotatable bonds is 6. The molecule has 0 aliphatic carbocycles. The summed E-state index contributed by atoms with van der Waals surface area (Å²) >= 11 is 0. The Bertz CT molecular complexity index is 580. The van der Waals surface area contributed by atoms with Crippen molar-refractivity contribution < 1.29 is 18.4 Å². The molecular weight excluding hydrogens is 276 g/mol. The van der Waals surface area contributed by atoms with Gasteiger partial charge in [-0.25, -0.2) is 8.78 Å². The van der Waals surface area contributed by atoms with Gasteiger partial charge in [0.25, 0.3) is 6.43 Å². The number of oxime groups is 1. The summed E-state index contributed by atoms with van der Waals surface area (Å²) < 4.78 is 29.8. The summed E-state index contributed by atoms with van der Waals surface area (Å²) in [4.78, 5) is 5.16. The lowest BCUT2D eigenvalue weighted by Gasteiger charge is -2.02. The van der Waals surface area contributed by atoms with Gasteiger partial charge < -0.3 is 9.57 Å². The van der Waals surface area contributed by atoms with Crippen molar-refractivity contribution in [3.05, 3.63) is 65.2 Å². The van der Waals surface area contributed by atoms with E-state index in [2.05, 4.69) is 5.16 Å². The van der Waals surface area contributed by atoms with Gasteiger partial charge in [0.2, 0.25) is 0 Å². The third-order valence-corrected chi connectivity index (χ3v) is 2.86. The quantitative estimate of drug-likeness (QED) is 0.590. The topological polar surface area (TPSA) is 30.8 Å². The molecular formula is C16H15F2NO2. The summed E-state index contributed by atoms with van der Waals surface area (Å²) in [6, 6.07) is 13.3. The van der Waals surface area contributed by atoms with Crippen molar-refractivity contribution in [1.29, 1.82) is 0 Å². The van der Waals surface area contributed by atoms with Crippen molar-refractivity contribution in [1.82, 2.24) is 0 Å². The molecule has 0 radical (unpaired) electrons. The highest BCUT2D eigenvalue weighted by atomic mass is 19.3. The SMILES string of the molecule is COc1ccc(CON=Cc2ccc(C(F)F)cc2)cc1. The Hall–Kier alpha value is -2.43. The van der Waals surface area contributed by atoms with E-state index in [0.29, 0.717) is 12.2 Å². The van der Waals surface area contributed by atoms with Crippen molar-refractivity contribution in [2.75, 3.05) is 7.11 Å². The number of alkyl halides is 2. The van der Waals surface area contributed by atoms with E-state index in [1.54, 1.807) is 19.2 Å². The summed E-state index contributed by atoms with van der Waals surface area (Å²) in [5.74, 6) is 0.779. The summed E-state index contributed by atoms with van der Waals surface area (Å²) in [5.41, 5.74) is 1.65. The lowest BCUT2D eigenvalue weighted by atomic mass is 10.1. The number of ether oxygens (including phenoxy) is 1. The summed E-state index contributed by atoms with van der Waals surface area (Å²) in [6.07, 6.45) is -0.971. The molecule has 0 aliphatic heterocycles. The van der Waals surface area contributed by atoms with Gasteiger partial charge in [0.1, 0.15) is 12.4 Å². The molecule has 21 heavy (non-hydrogen) atoms. The standard InChI is InChI=1S/C16H15F2NO2/c1-20-15-8-4-13(5-9-15)11-21-19-10-12-2-6-14(7-3-12)16(17)18/h2-10,16H,11H2,1H3.